The number of nitrogens with zero attached hydrogens (tertiary/aromatic N) is 1. The minimum atomic E-state index is -0.658. The van der Waals surface area contributed by atoms with Gasteiger partial charge in [-0.1, -0.05) is 19.8 Å². The van der Waals surface area contributed by atoms with E-state index in [1.165, 1.54) is 7.11 Å². The van der Waals surface area contributed by atoms with Gasteiger partial charge in [0.05, 0.1) is 13.7 Å². The van der Waals surface area contributed by atoms with Gasteiger partial charge in [0.15, 0.2) is 0 Å². The van der Waals surface area contributed by atoms with Crippen LogP contribution in [0.5, 0.6) is 0 Å². The van der Waals surface area contributed by atoms with Gasteiger partial charge >= 0.3 is 12.1 Å². The number of piperidine rings is 1. The van der Waals surface area contributed by atoms with Gasteiger partial charge in [-0.3, -0.25) is 9.59 Å². The number of esters is 1. The summed E-state index contributed by atoms with van der Waals surface area (Å²) in [5.74, 6) is -1.27. The zero-order valence-electron chi connectivity index (χ0n) is 13.8. The number of amides is 1. The van der Waals surface area contributed by atoms with Crippen molar-refractivity contribution in [3.8, 4) is 0 Å². The Hall–Kier alpha value is -1.59. The summed E-state index contributed by atoms with van der Waals surface area (Å²) < 4.78 is 9.73. The van der Waals surface area contributed by atoms with Crippen LogP contribution >= 0.6 is 0 Å². The first-order valence-electron chi connectivity index (χ1n) is 8.08. The second-order valence-electron chi connectivity index (χ2n) is 5.58. The summed E-state index contributed by atoms with van der Waals surface area (Å²) >= 11 is 0. The molecule has 0 bridgehead atoms. The molecule has 1 amide bonds. The average Bonchev–Trinajstić information content (AvgIpc) is 2.54. The first kappa shape index (κ1) is 18.5. The van der Waals surface area contributed by atoms with E-state index in [1.54, 1.807) is 11.8 Å². The van der Waals surface area contributed by atoms with Crippen LogP contribution in [0.25, 0.3) is 0 Å². The molecule has 1 aliphatic rings. The fourth-order valence-electron chi connectivity index (χ4n) is 2.79. The van der Waals surface area contributed by atoms with Crippen molar-refractivity contribution in [1.29, 1.82) is 0 Å². The van der Waals surface area contributed by atoms with Crippen molar-refractivity contribution in [3.05, 3.63) is 0 Å². The zero-order chi connectivity index (χ0) is 16.5. The molecule has 0 N–H and O–H groups in total. The standard InChI is InChI=1S/C16H27NO5/c1-4-6-7-13(15(19)22-5-2)14(18)12-8-10-17(11-9-12)16(20)21-3/h12-13H,4-11H2,1-3H3. The minimum absolute atomic E-state index is 0.0311. The Morgan fingerprint density at radius 3 is 2.32 bits per heavy atom. The van der Waals surface area contributed by atoms with E-state index in [2.05, 4.69) is 4.74 Å². The van der Waals surface area contributed by atoms with Gasteiger partial charge in [0, 0.05) is 19.0 Å². The monoisotopic (exact) mass is 313 g/mol. The van der Waals surface area contributed by atoms with Crippen LogP contribution in [0.1, 0.15) is 46.0 Å². The molecule has 1 unspecified atom stereocenters. The van der Waals surface area contributed by atoms with Crippen molar-refractivity contribution < 1.29 is 23.9 Å². The van der Waals surface area contributed by atoms with Crippen molar-refractivity contribution >= 4 is 17.8 Å². The van der Waals surface area contributed by atoms with Crippen molar-refractivity contribution in [1.82, 2.24) is 4.90 Å². The predicted molar refractivity (Wildman–Crippen MR) is 81.4 cm³/mol. The summed E-state index contributed by atoms with van der Waals surface area (Å²) in [7, 11) is 1.35. The molecule has 1 heterocycles. The number of rotatable bonds is 7. The fourth-order valence-corrected chi connectivity index (χ4v) is 2.79. The van der Waals surface area contributed by atoms with Gasteiger partial charge in [-0.25, -0.2) is 4.79 Å². The third-order valence-electron chi connectivity index (χ3n) is 4.09. The van der Waals surface area contributed by atoms with Gasteiger partial charge in [0.2, 0.25) is 0 Å². The van der Waals surface area contributed by atoms with E-state index < -0.39 is 11.9 Å². The molecule has 126 valence electrons. The molecule has 1 fully saturated rings. The van der Waals surface area contributed by atoms with E-state index in [9.17, 15) is 14.4 Å². The van der Waals surface area contributed by atoms with Gasteiger partial charge < -0.3 is 14.4 Å². The largest absolute Gasteiger partial charge is 0.465 e. The summed E-state index contributed by atoms with van der Waals surface area (Å²) in [4.78, 5) is 37.7. The number of Topliss-reactive ketones (excluding diaryl/α,β-unsaturated/α-hetero) is 1. The lowest BCUT2D eigenvalue weighted by Crippen LogP contribution is -2.42. The number of methoxy groups -OCH3 is 1. The van der Waals surface area contributed by atoms with Gasteiger partial charge in [-0.2, -0.15) is 0 Å². The molecule has 22 heavy (non-hydrogen) atoms. The maximum atomic E-state index is 12.6. The van der Waals surface area contributed by atoms with Gasteiger partial charge in [-0.15, -0.1) is 0 Å². The maximum Gasteiger partial charge on any atom is 0.409 e. The Kier molecular flexibility index (Phi) is 7.91. The highest BCUT2D eigenvalue weighted by Gasteiger charge is 2.35. The van der Waals surface area contributed by atoms with Gasteiger partial charge in [-0.05, 0) is 26.2 Å². The quantitative estimate of drug-likeness (QED) is 0.533. The van der Waals surface area contributed by atoms with Crippen LogP contribution in [0.2, 0.25) is 0 Å². The third-order valence-corrected chi connectivity index (χ3v) is 4.09. The number of carbonyl (C=O) groups is 3. The molecule has 0 spiro atoms. The van der Waals surface area contributed by atoms with Crippen LogP contribution in [0, 0.1) is 11.8 Å². The number of ketones is 1. The van der Waals surface area contributed by atoms with E-state index in [-0.39, 0.29) is 24.4 Å². The number of ether oxygens (including phenoxy) is 2. The number of carbonyl (C=O) groups excluding carboxylic acids is 3. The minimum Gasteiger partial charge on any atom is -0.465 e. The number of likely N-dealkylation sites (tertiary alicyclic amines) is 1. The molecule has 0 radical (unpaired) electrons. The van der Waals surface area contributed by atoms with E-state index in [0.29, 0.717) is 32.4 Å². The Bertz CT molecular complexity index is 388. The summed E-state index contributed by atoms with van der Waals surface area (Å²) in [6, 6.07) is 0. The molecule has 0 aromatic heterocycles. The van der Waals surface area contributed by atoms with E-state index in [0.717, 1.165) is 12.8 Å². The van der Waals surface area contributed by atoms with Crippen LogP contribution < -0.4 is 0 Å². The lowest BCUT2D eigenvalue weighted by molar-refractivity contribution is -0.153. The van der Waals surface area contributed by atoms with Crippen molar-refractivity contribution in [2.24, 2.45) is 11.8 Å². The van der Waals surface area contributed by atoms with Crippen LogP contribution in [0.3, 0.4) is 0 Å². The molecule has 0 saturated carbocycles. The van der Waals surface area contributed by atoms with Crippen LogP contribution in [-0.4, -0.2) is 49.6 Å². The summed E-state index contributed by atoms with van der Waals surface area (Å²) in [6.07, 6.45) is 3.11. The Morgan fingerprint density at radius 2 is 1.82 bits per heavy atom. The maximum absolute atomic E-state index is 12.6. The SMILES string of the molecule is CCCCC(C(=O)OCC)C(=O)C1CCN(C(=O)OC)CC1. The Labute approximate surface area is 132 Å². The second-order valence-corrected chi connectivity index (χ2v) is 5.58. The second kappa shape index (κ2) is 9.43. The number of hydrogen-bond acceptors (Lipinski definition) is 5. The number of hydrogen-bond donors (Lipinski definition) is 0. The summed E-state index contributed by atoms with van der Waals surface area (Å²) in [6.45, 7) is 5.05. The number of unbranched alkanes of at least 4 members (excludes halogenated alkanes) is 1. The molecular weight excluding hydrogens is 286 g/mol. The van der Waals surface area contributed by atoms with E-state index >= 15 is 0 Å². The van der Waals surface area contributed by atoms with E-state index in [1.807, 2.05) is 6.92 Å². The predicted octanol–water partition coefficient (Wildman–Crippen LogP) is 2.40. The average molecular weight is 313 g/mol. The van der Waals surface area contributed by atoms with Crippen LogP contribution in [-0.2, 0) is 19.1 Å². The molecule has 6 heteroatoms. The summed E-state index contributed by atoms with van der Waals surface area (Å²) in [5.41, 5.74) is 0. The van der Waals surface area contributed by atoms with Gasteiger partial charge in [0.25, 0.3) is 0 Å². The van der Waals surface area contributed by atoms with Crippen molar-refractivity contribution in [2.45, 2.75) is 46.0 Å². The van der Waals surface area contributed by atoms with Gasteiger partial charge in [0.1, 0.15) is 11.7 Å². The van der Waals surface area contributed by atoms with E-state index in [4.69, 9.17) is 4.74 Å². The molecular formula is C16H27NO5. The molecule has 1 atom stereocenters. The molecule has 0 aromatic carbocycles. The molecule has 1 rings (SSSR count). The Balaban J connectivity index is 2.62. The topological polar surface area (TPSA) is 72.9 Å². The van der Waals surface area contributed by atoms with Crippen LogP contribution in [0.15, 0.2) is 0 Å². The first-order valence-corrected chi connectivity index (χ1v) is 8.08. The smallest absolute Gasteiger partial charge is 0.409 e. The summed E-state index contributed by atoms with van der Waals surface area (Å²) in [5, 5.41) is 0. The lowest BCUT2D eigenvalue weighted by Gasteiger charge is -2.31. The highest BCUT2D eigenvalue weighted by molar-refractivity contribution is 6.00. The highest BCUT2D eigenvalue weighted by atomic mass is 16.5. The van der Waals surface area contributed by atoms with Crippen molar-refractivity contribution in [2.75, 3.05) is 26.8 Å². The molecule has 0 aliphatic carbocycles. The molecule has 1 aliphatic heterocycles. The molecule has 6 nitrogen and oxygen atoms in total. The third kappa shape index (κ3) is 5.00. The first-order chi connectivity index (χ1) is 10.5. The van der Waals surface area contributed by atoms with Crippen molar-refractivity contribution in [3.63, 3.8) is 0 Å². The normalized spacial score (nSPS) is 17.0. The highest BCUT2D eigenvalue weighted by Crippen LogP contribution is 2.25. The molecule has 0 aromatic rings. The zero-order valence-corrected chi connectivity index (χ0v) is 13.8. The van der Waals surface area contributed by atoms with Crippen LogP contribution in [0.4, 0.5) is 4.79 Å². The molecule has 1 saturated heterocycles. The lowest BCUT2D eigenvalue weighted by atomic mass is 9.83. The fraction of sp³-hybridized carbons (Fsp3) is 0.812. The Morgan fingerprint density at radius 1 is 1.18 bits per heavy atom.